The number of amides is 1. The minimum Gasteiger partial charge on any atom is -0.493 e. The van der Waals surface area contributed by atoms with Gasteiger partial charge in [-0.3, -0.25) is 9.59 Å². The third-order valence-corrected chi connectivity index (χ3v) is 4.20. The molecule has 0 saturated heterocycles. The first-order valence-corrected chi connectivity index (χ1v) is 8.07. The number of hydrogen-bond acceptors (Lipinski definition) is 4. The average Bonchev–Trinajstić information content (AvgIpc) is 2.57. The van der Waals surface area contributed by atoms with E-state index in [1.54, 1.807) is 12.1 Å². The Hall–Kier alpha value is -2.34. The van der Waals surface area contributed by atoms with Crippen LogP contribution in [0, 0.1) is 13.8 Å². The Kier molecular flexibility index (Phi) is 5.98. The fraction of sp³-hybridized carbons (Fsp3) is 0.222. The fourth-order valence-corrected chi connectivity index (χ4v) is 2.73. The summed E-state index contributed by atoms with van der Waals surface area (Å²) in [4.78, 5) is 23.0. The molecule has 2 rings (SSSR count). The highest BCUT2D eigenvalue weighted by molar-refractivity contribution is 9.10. The van der Waals surface area contributed by atoms with Crippen molar-refractivity contribution < 1.29 is 19.1 Å². The van der Waals surface area contributed by atoms with Crippen LogP contribution in [0.1, 0.15) is 21.5 Å². The summed E-state index contributed by atoms with van der Waals surface area (Å²) in [6, 6.07) is 8.87. The Labute approximate surface area is 149 Å². The number of hydrogen-bond donors (Lipinski definition) is 1. The van der Waals surface area contributed by atoms with Crippen molar-refractivity contribution in [3.05, 3.63) is 51.5 Å². The maximum absolute atomic E-state index is 12.1. The number of halogens is 1. The van der Waals surface area contributed by atoms with Gasteiger partial charge in [0, 0.05) is 11.3 Å². The topological polar surface area (TPSA) is 64.6 Å². The highest BCUT2D eigenvalue weighted by Crippen LogP contribution is 2.36. The van der Waals surface area contributed by atoms with E-state index in [-0.39, 0.29) is 12.5 Å². The lowest BCUT2D eigenvalue weighted by Crippen LogP contribution is -2.21. The lowest BCUT2D eigenvalue weighted by molar-refractivity contribution is -0.118. The Morgan fingerprint density at radius 2 is 2.04 bits per heavy atom. The van der Waals surface area contributed by atoms with E-state index in [2.05, 4.69) is 21.2 Å². The number of anilines is 1. The Morgan fingerprint density at radius 1 is 1.29 bits per heavy atom. The second kappa shape index (κ2) is 7.97. The van der Waals surface area contributed by atoms with Crippen LogP contribution in [0.5, 0.6) is 11.5 Å². The zero-order valence-corrected chi connectivity index (χ0v) is 15.3. The number of carbonyl (C=O) groups is 2. The molecular formula is C18H18BrNO4. The molecule has 0 aromatic heterocycles. The van der Waals surface area contributed by atoms with E-state index in [0.29, 0.717) is 27.8 Å². The lowest BCUT2D eigenvalue weighted by Gasteiger charge is -2.14. The third kappa shape index (κ3) is 4.14. The number of carbonyl (C=O) groups excluding carboxylic acids is 2. The third-order valence-electron chi connectivity index (χ3n) is 3.61. The predicted octanol–water partition coefficient (Wildman–Crippen LogP) is 3.90. The van der Waals surface area contributed by atoms with Crippen molar-refractivity contribution in [3.8, 4) is 11.5 Å². The number of nitrogens with one attached hydrogen (secondary N) is 1. The number of ether oxygens (including phenoxy) is 2. The maximum atomic E-state index is 12.1. The van der Waals surface area contributed by atoms with Gasteiger partial charge in [-0.05, 0) is 59.1 Å². The molecule has 2 aromatic rings. The van der Waals surface area contributed by atoms with Crippen LogP contribution < -0.4 is 14.8 Å². The molecule has 0 aliphatic heterocycles. The summed E-state index contributed by atoms with van der Waals surface area (Å²) in [6.45, 7) is 3.75. The molecule has 0 aliphatic rings. The largest absolute Gasteiger partial charge is 0.493 e. The monoisotopic (exact) mass is 391 g/mol. The summed E-state index contributed by atoms with van der Waals surface area (Å²) in [5.74, 6) is 0.474. The van der Waals surface area contributed by atoms with Gasteiger partial charge < -0.3 is 14.8 Å². The molecule has 0 heterocycles. The molecule has 24 heavy (non-hydrogen) atoms. The van der Waals surface area contributed by atoms with Gasteiger partial charge in [0.05, 0.1) is 11.6 Å². The van der Waals surface area contributed by atoms with E-state index in [4.69, 9.17) is 9.47 Å². The summed E-state index contributed by atoms with van der Waals surface area (Å²) in [5, 5.41) is 2.82. The van der Waals surface area contributed by atoms with Crippen molar-refractivity contribution in [3.63, 3.8) is 0 Å². The van der Waals surface area contributed by atoms with E-state index in [1.165, 1.54) is 7.11 Å². The zero-order valence-electron chi connectivity index (χ0n) is 13.7. The summed E-state index contributed by atoms with van der Waals surface area (Å²) in [5.41, 5.74) is 3.32. The van der Waals surface area contributed by atoms with Crippen molar-refractivity contribution in [2.24, 2.45) is 0 Å². The molecule has 0 atom stereocenters. The van der Waals surface area contributed by atoms with Crippen LogP contribution in [-0.2, 0) is 4.79 Å². The van der Waals surface area contributed by atoms with Crippen molar-refractivity contribution in [1.82, 2.24) is 0 Å². The summed E-state index contributed by atoms with van der Waals surface area (Å²) in [6.07, 6.45) is 0.713. The van der Waals surface area contributed by atoms with Gasteiger partial charge in [-0.25, -0.2) is 0 Å². The molecule has 6 heteroatoms. The van der Waals surface area contributed by atoms with Gasteiger partial charge in [-0.1, -0.05) is 12.1 Å². The van der Waals surface area contributed by atoms with Crippen LogP contribution in [0.4, 0.5) is 5.69 Å². The van der Waals surface area contributed by atoms with Crippen LogP contribution in [0.3, 0.4) is 0 Å². The highest BCUT2D eigenvalue weighted by atomic mass is 79.9. The molecule has 0 spiro atoms. The molecule has 0 radical (unpaired) electrons. The lowest BCUT2D eigenvalue weighted by atomic mass is 10.1. The standard InChI is InChI=1S/C18H18BrNO4/c1-11-5-4-6-15(12(11)2)20-17(22)10-24-18-14(19)7-13(9-21)8-16(18)23-3/h4-9H,10H2,1-3H3,(H,20,22). The minimum atomic E-state index is -0.280. The molecule has 0 saturated carbocycles. The van der Waals surface area contributed by atoms with Crippen LogP contribution in [-0.4, -0.2) is 25.9 Å². The number of rotatable bonds is 6. The maximum Gasteiger partial charge on any atom is 0.262 e. The first-order valence-electron chi connectivity index (χ1n) is 7.27. The van der Waals surface area contributed by atoms with Crippen molar-refractivity contribution in [1.29, 1.82) is 0 Å². The van der Waals surface area contributed by atoms with Gasteiger partial charge in [-0.2, -0.15) is 0 Å². The Bertz CT molecular complexity index is 774. The van der Waals surface area contributed by atoms with Gasteiger partial charge in [0.25, 0.3) is 5.91 Å². The molecule has 1 amide bonds. The quantitative estimate of drug-likeness (QED) is 0.758. The molecule has 1 N–H and O–H groups in total. The minimum absolute atomic E-state index is 0.178. The van der Waals surface area contributed by atoms with E-state index in [0.717, 1.165) is 16.8 Å². The number of methoxy groups -OCH3 is 1. The summed E-state index contributed by atoms with van der Waals surface area (Å²) < 4.78 is 11.3. The Morgan fingerprint density at radius 3 is 2.71 bits per heavy atom. The predicted molar refractivity (Wildman–Crippen MR) is 96.1 cm³/mol. The van der Waals surface area contributed by atoms with Gasteiger partial charge >= 0.3 is 0 Å². The first-order chi connectivity index (χ1) is 11.5. The zero-order chi connectivity index (χ0) is 17.7. The van der Waals surface area contributed by atoms with Crippen LogP contribution >= 0.6 is 15.9 Å². The van der Waals surface area contributed by atoms with Gasteiger partial charge in [-0.15, -0.1) is 0 Å². The van der Waals surface area contributed by atoms with Gasteiger partial charge in [0.1, 0.15) is 6.29 Å². The second-order valence-corrected chi connectivity index (χ2v) is 6.09. The SMILES string of the molecule is COc1cc(C=O)cc(Br)c1OCC(=O)Nc1cccc(C)c1C. The number of aldehydes is 1. The highest BCUT2D eigenvalue weighted by Gasteiger charge is 2.14. The van der Waals surface area contributed by atoms with Gasteiger partial charge in [0.15, 0.2) is 18.1 Å². The fourth-order valence-electron chi connectivity index (χ4n) is 2.16. The van der Waals surface area contributed by atoms with E-state index < -0.39 is 0 Å². The van der Waals surface area contributed by atoms with Crippen LogP contribution in [0.15, 0.2) is 34.8 Å². The van der Waals surface area contributed by atoms with E-state index in [9.17, 15) is 9.59 Å². The summed E-state index contributed by atoms with van der Waals surface area (Å²) in [7, 11) is 1.47. The van der Waals surface area contributed by atoms with Gasteiger partial charge in [0.2, 0.25) is 0 Å². The molecule has 0 fully saturated rings. The normalized spacial score (nSPS) is 10.2. The second-order valence-electron chi connectivity index (χ2n) is 5.24. The number of aryl methyl sites for hydroxylation is 1. The van der Waals surface area contributed by atoms with E-state index >= 15 is 0 Å². The van der Waals surface area contributed by atoms with Crippen molar-refractivity contribution in [2.75, 3.05) is 19.0 Å². The molecule has 0 unspecified atom stereocenters. The molecule has 0 bridgehead atoms. The first kappa shape index (κ1) is 18.0. The molecule has 5 nitrogen and oxygen atoms in total. The molecule has 126 valence electrons. The Balaban J connectivity index is 2.09. The average molecular weight is 392 g/mol. The van der Waals surface area contributed by atoms with Crippen molar-refractivity contribution in [2.45, 2.75) is 13.8 Å². The van der Waals surface area contributed by atoms with E-state index in [1.807, 2.05) is 32.0 Å². The van der Waals surface area contributed by atoms with Crippen molar-refractivity contribution >= 4 is 33.8 Å². The summed E-state index contributed by atoms with van der Waals surface area (Å²) >= 11 is 3.32. The molecule has 0 aliphatic carbocycles. The number of benzene rings is 2. The smallest absolute Gasteiger partial charge is 0.262 e. The van der Waals surface area contributed by atoms with Crippen LogP contribution in [0.25, 0.3) is 0 Å². The van der Waals surface area contributed by atoms with Crippen LogP contribution in [0.2, 0.25) is 0 Å². The molecule has 2 aromatic carbocycles. The molecular weight excluding hydrogens is 374 g/mol.